The smallest absolute Gasteiger partial charge is 0.126 e. The lowest BCUT2D eigenvalue weighted by atomic mass is 10.0. The molecule has 4 heteroatoms. The number of benzene rings is 1. The first-order valence-corrected chi connectivity index (χ1v) is 6.84. The number of hydrogen-bond acceptors (Lipinski definition) is 3. The summed E-state index contributed by atoms with van der Waals surface area (Å²) in [7, 11) is 0. The normalized spacial score (nSPS) is 23.5. The summed E-state index contributed by atoms with van der Waals surface area (Å²) in [5.74, 6) is -0.120. The fourth-order valence-electron chi connectivity index (χ4n) is 2.69. The first-order valence-electron chi connectivity index (χ1n) is 6.84. The summed E-state index contributed by atoms with van der Waals surface area (Å²) in [4.78, 5) is 2.31. The Labute approximate surface area is 114 Å². The topological polar surface area (TPSA) is 38.5 Å². The number of rotatable bonds is 4. The number of nitrogens with zero attached hydrogens (tertiary/aromatic N) is 1. The minimum Gasteiger partial charge on any atom is -0.368 e. The summed E-state index contributed by atoms with van der Waals surface area (Å²) in [5.41, 5.74) is 6.30. The van der Waals surface area contributed by atoms with Crippen molar-refractivity contribution in [3.63, 3.8) is 0 Å². The molecule has 1 fully saturated rings. The van der Waals surface area contributed by atoms with Crippen LogP contribution in [0.3, 0.4) is 0 Å². The van der Waals surface area contributed by atoms with Gasteiger partial charge in [-0.2, -0.15) is 0 Å². The third-order valence-corrected chi connectivity index (χ3v) is 3.47. The fourth-order valence-corrected chi connectivity index (χ4v) is 2.69. The molecule has 1 aliphatic heterocycles. The van der Waals surface area contributed by atoms with Gasteiger partial charge in [-0.25, -0.2) is 4.39 Å². The van der Waals surface area contributed by atoms with E-state index in [1.54, 1.807) is 6.07 Å². The van der Waals surface area contributed by atoms with Crippen molar-refractivity contribution < 1.29 is 9.13 Å². The maximum Gasteiger partial charge on any atom is 0.126 e. The lowest BCUT2D eigenvalue weighted by molar-refractivity contribution is -0.131. The molecule has 106 valence electrons. The Morgan fingerprint density at radius 1 is 1.42 bits per heavy atom. The molecule has 1 heterocycles. The van der Waals surface area contributed by atoms with Crippen molar-refractivity contribution in [1.29, 1.82) is 0 Å². The van der Waals surface area contributed by atoms with E-state index in [1.807, 2.05) is 12.1 Å². The van der Waals surface area contributed by atoms with Crippen LogP contribution in [0, 0.1) is 5.82 Å². The van der Waals surface area contributed by atoms with Crippen LogP contribution >= 0.6 is 0 Å². The summed E-state index contributed by atoms with van der Waals surface area (Å²) in [5, 5.41) is 0. The second-order valence-corrected chi connectivity index (χ2v) is 5.81. The van der Waals surface area contributed by atoms with Crippen molar-refractivity contribution in [2.75, 3.05) is 26.2 Å². The Balaban J connectivity index is 1.94. The highest BCUT2D eigenvalue weighted by Gasteiger charge is 2.32. The van der Waals surface area contributed by atoms with E-state index in [9.17, 15) is 4.39 Å². The van der Waals surface area contributed by atoms with E-state index in [0.717, 1.165) is 31.6 Å². The molecule has 19 heavy (non-hydrogen) atoms. The molecule has 0 aromatic heterocycles. The Kier molecular flexibility index (Phi) is 4.55. The van der Waals surface area contributed by atoms with E-state index >= 15 is 0 Å². The minimum absolute atomic E-state index is 0.0735. The van der Waals surface area contributed by atoms with E-state index in [0.29, 0.717) is 6.54 Å². The molecule has 0 spiro atoms. The van der Waals surface area contributed by atoms with Gasteiger partial charge in [0.25, 0.3) is 0 Å². The quantitative estimate of drug-likeness (QED) is 0.903. The van der Waals surface area contributed by atoms with Gasteiger partial charge in [0.15, 0.2) is 0 Å². The van der Waals surface area contributed by atoms with E-state index in [4.69, 9.17) is 10.5 Å². The zero-order valence-corrected chi connectivity index (χ0v) is 11.7. The average Bonchev–Trinajstić information content (AvgIpc) is 2.36. The molecule has 1 unspecified atom stereocenters. The van der Waals surface area contributed by atoms with Gasteiger partial charge in [0.05, 0.1) is 11.7 Å². The van der Waals surface area contributed by atoms with Crippen LogP contribution in [-0.2, 0) is 11.2 Å². The maximum atomic E-state index is 13.6. The zero-order chi connectivity index (χ0) is 13.9. The first-order chi connectivity index (χ1) is 9.00. The Bertz CT molecular complexity index is 422. The van der Waals surface area contributed by atoms with Crippen LogP contribution in [0.2, 0.25) is 0 Å². The molecule has 0 amide bonds. The summed E-state index contributed by atoms with van der Waals surface area (Å²) in [6.07, 6.45) is 0.796. The third kappa shape index (κ3) is 4.00. The number of halogens is 1. The standard InChI is InChI=1S/C15H23FN2O/c1-15(2)11-18(10-13(9-17)19-15)8-7-12-5-3-4-6-14(12)16/h3-6,13H,7-11,17H2,1-2H3. The van der Waals surface area contributed by atoms with E-state index < -0.39 is 0 Å². The van der Waals surface area contributed by atoms with Crippen LogP contribution in [0.15, 0.2) is 24.3 Å². The fraction of sp³-hybridized carbons (Fsp3) is 0.600. The lowest BCUT2D eigenvalue weighted by Gasteiger charge is -2.42. The van der Waals surface area contributed by atoms with Gasteiger partial charge < -0.3 is 10.5 Å². The molecule has 2 rings (SSSR count). The summed E-state index contributed by atoms with van der Waals surface area (Å²) < 4.78 is 19.5. The maximum absolute atomic E-state index is 13.6. The van der Waals surface area contributed by atoms with Crippen molar-refractivity contribution in [2.24, 2.45) is 5.73 Å². The van der Waals surface area contributed by atoms with Crippen molar-refractivity contribution in [1.82, 2.24) is 4.90 Å². The van der Waals surface area contributed by atoms with Crippen LogP contribution in [0.4, 0.5) is 4.39 Å². The van der Waals surface area contributed by atoms with E-state index in [-0.39, 0.29) is 17.5 Å². The summed E-state index contributed by atoms with van der Waals surface area (Å²) in [6.45, 7) is 7.20. The van der Waals surface area contributed by atoms with Gasteiger partial charge in [0.2, 0.25) is 0 Å². The number of hydrogen-bond donors (Lipinski definition) is 1. The lowest BCUT2D eigenvalue weighted by Crippen LogP contribution is -2.55. The Hall–Kier alpha value is -0.970. The average molecular weight is 266 g/mol. The third-order valence-electron chi connectivity index (χ3n) is 3.47. The highest BCUT2D eigenvalue weighted by Crippen LogP contribution is 2.21. The second kappa shape index (κ2) is 5.99. The Morgan fingerprint density at radius 3 is 2.84 bits per heavy atom. The SMILES string of the molecule is CC1(C)CN(CCc2ccccc2F)CC(CN)O1. The van der Waals surface area contributed by atoms with Gasteiger partial charge >= 0.3 is 0 Å². The van der Waals surface area contributed by atoms with Crippen LogP contribution in [0.1, 0.15) is 19.4 Å². The van der Waals surface area contributed by atoms with Crippen molar-refractivity contribution >= 4 is 0 Å². The highest BCUT2D eigenvalue weighted by molar-refractivity contribution is 5.17. The molecular formula is C15H23FN2O. The largest absolute Gasteiger partial charge is 0.368 e. The molecule has 0 saturated carbocycles. The van der Waals surface area contributed by atoms with Crippen molar-refractivity contribution in [3.05, 3.63) is 35.6 Å². The summed E-state index contributed by atoms with van der Waals surface area (Å²) >= 11 is 0. The minimum atomic E-state index is -0.183. The van der Waals surface area contributed by atoms with Gasteiger partial charge in [0.1, 0.15) is 5.82 Å². The van der Waals surface area contributed by atoms with Crippen LogP contribution in [-0.4, -0.2) is 42.8 Å². The molecular weight excluding hydrogens is 243 g/mol. The molecule has 3 nitrogen and oxygen atoms in total. The van der Waals surface area contributed by atoms with Gasteiger partial charge in [-0.05, 0) is 31.9 Å². The predicted octanol–water partition coefficient (Wildman–Crippen LogP) is 1.81. The predicted molar refractivity (Wildman–Crippen MR) is 74.6 cm³/mol. The number of morpholine rings is 1. The summed E-state index contributed by atoms with van der Waals surface area (Å²) in [6, 6.07) is 6.97. The molecule has 1 saturated heterocycles. The van der Waals surface area contributed by atoms with Crippen LogP contribution in [0.25, 0.3) is 0 Å². The van der Waals surface area contributed by atoms with Crippen molar-refractivity contribution in [2.45, 2.75) is 32.0 Å². The second-order valence-electron chi connectivity index (χ2n) is 5.81. The van der Waals surface area contributed by atoms with Gasteiger partial charge in [0, 0.05) is 26.2 Å². The zero-order valence-electron chi connectivity index (χ0n) is 11.7. The molecule has 1 atom stereocenters. The molecule has 0 radical (unpaired) electrons. The number of ether oxygens (including phenoxy) is 1. The molecule has 2 N–H and O–H groups in total. The molecule has 1 aromatic rings. The monoisotopic (exact) mass is 266 g/mol. The molecule has 0 bridgehead atoms. The van der Waals surface area contributed by atoms with Gasteiger partial charge in [-0.1, -0.05) is 18.2 Å². The van der Waals surface area contributed by atoms with Gasteiger partial charge in [-0.15, -0.1) is 0 Å². The molecule has 1 aromatic carbocycles. The highest BCUT2D eigenvalue weighted by atomic mass is 19.1. The first kappa shape index (κ1) is 14.4. The van der Waals surface area contributed by atoms with Crippen molar-refractivity contribution in [3.8, 4) is 0 Å². The molecule has 1 aliphatic rings. The van der Waals surface area contributed by atoms with Crippen LogP contribution < -0.4 is 5.73 Å². The van der Waals surface area contributed by atoms with E-state index in [1.165, 1.54) is 6.07 Å². The van der Waals surface area contributed by atoms with E-state index in [2.05, 4.69) is 18.7 Å². The van der Waals surface area contributed by atoms with Crippen LogP contribution in [0.5, 0.6) is 0 Å². The molecule has 0 aliphatic carbocycles. The Morgan fingerprint density at radius 2 is 2.16 bits per heavy atom. The van der Waals surface area contributed by atoms with Gasteiger partial charge in [-0.3, -0.25) is 4.90 Å². The number of nitrogens with two attached hydrogens (primary N) is 1.